The van der Waals surface area contributed by atoms with Crippen LogP contribution in [0.15, 0.2) is 18.2 Å². The Kier molecular flexibility index (Phi) is 4.00. The third-order valence-corrected chi connectivity index (χ3v) is 5.80. The van der Waals surface area contributed by atoms with E-state index in [0.29, 0.717) is 11.6 Å². The number of rotatable bonds is 6. The number of fused-ring (bicyclic) bond motifs is 3. The van der Waals surface area contributed by atoms with E-state index in [1.54, 1.807) is 4.68 Å². The Labute approximate surface area is 157 Å². The van der Waals surface area contributed by atoms with E-state index < -0.39 is 5.91 Å². The monoisotopic (exact) mass is 369 g/mol. The molecule has 27 heavy (non-hydrogen) atoms. The zero-order valence-electron chi connectivity index (χ0n) is 15.1. The van der Waals surface area contributed by atoms with Gasteiger partial charge < -0.3 is 15.2 Å². The van der Waals surface area contributed by atoms with Crippen LogP contribution in [-0.4, -0.2) is 51.5 Å². The number of hydrogen-bond donors (Lipinski definition) is 1. The lowest BCUT2D eigenvalue weighted by Crippen LogP contribution is -2.34. The molecule has 8 heteroatoms. The highest BCUT2D eigenvalue weighted by Gasteiger charge is 2.37. The van der Waals surface area contributed by atoms with Gasteiger partial charge in [-0.25, -0.2) is 9.67 Å². The maximum Gasteiger partial charge on any atom is 0.231 e. The van der Waals surface area contributed by atoms with Gasteiger partial charge in [0.25, 0.3) is 0 Å². The van der Waals surface area contributed by atoms with E-state index in [2.05, 4.69) is 15.0 Å². The van der Waals surface area contributed by atoms with Crippen molar-refractivity contribution in [2.45, 2.75) is 38.1 Å². The molecule has 2 atom stereocenters. The van der Waals surface area contributed by atoms with Crippen molar-refractivity contribution in [1.82, 2.24) is 19.7 Å². The van der Waals surface area contributed by atoms with Crippen molar-refractivity contribution in [3.8, 4) is 17.2 Å². The number of carbonyl (C=O) groups excluding carboxylic acids is 1. The van der Waals surface area contributed by atoms with Crippen LogP contribution in [0.4, 0.5) is 0 Å². The van der Waals surface area contributed by atoms with E-state index in [-0.39, 0.29) is 13.2 Å². The van der Waals surface area contributed by atoms with Crippen LogP contribution in [0.1, 0.15) is 30.9 Å². The number of nitrogens with zero attached hydrogens (tertiary/aromatic N) is 4. The fourth-order valence-corrected chi connectivity index (χ4v) is 4.55. The molecule has 3 heterocycles. The molecule has 1 aromatic carbocycles. The summed E-state index contributed by atoms with van der Waals surface area (Å²) in [6, 6.07) is 6.42. The fourth-order valence-electron chi connectivity index (χ4n) is 4.55. The quantitative estimate of drug-likeness (QED) is 0.818. The molecular formula is C19H23N5O3. The maximum absolute atomic E-state index is 11.3. The summed E-state index contributed by atoms with van der Waals surface area (Å²) in [5, 5.41) is 4.53. The average molecular weight is 369 g/mol. The first-order valence-corrected chi connectivity index (χ1v) is 9.53. The van der Waals surface area contributed by atoms with Gasteiger partial charge in [0.1, 0.15) is 5.82 Å². The SMILES string of the molecule is NC(=O)Cc1nc(CCN2C[C@@H]3CC[C@H]2C3)n(-c2ccc3c(c2)OCO3)n1. The molecule has 8 nitrogen and oxygen atoms in total. The lowest BCUT2D eigenvalue weighted by molar-refractivity contribution is -0.117. The second kappa shape index (κ2) is 6.53. The van der Waals surface area contributed by atoms with Gasteiger partial charge in [0.05, 0.1) is 12.1 Å². The molecule has 0 radical (unpaired) electrons. The van der Waals surface area contributed by atoms with E-state index in [1.807, 2.05) is 18.2 Å². The normalized spacial score (nSPS) is 23.3. The van der Waals surface area contributed by atoms with E-state index in [9.17, 15) is 4.79 Å². The lowest BCUT2D eigenvalue weighted by atomic mass is 10.1. The molecule has 1 saturated heterocycles. The van der Waals surface area contributed by atoms with Gasteiger partial charge in [-0.1, -0.05) is 0 Å². The zero-order valence-corrected chi connectivity index (χ0v) is 15.1. The molecule has 1 amide bonds. The Morgan fingerprint density at radius 3 is 2.93 bits per heavy atom. The van der Waals surface area contributed by atoms with Gasteiger partial charge in [0.15, 0.2) is 17.3 Å². The molecular weight excluding hydrogens is 346 g/mol. The summed E-state index contributed by atoms with van der Waals surface area (Å²) in [5.41, 5.74) is 6.19. The summed E-state index contributed by atoms with van der Waals surface area (Å²) in [6.45, 7) is 2.38. The van der Waals surface area contributed by atoms with Crippen molar-refractivity contribution in [3.05, 3.63) is 29.8 Å². The van der Waals surface area contributed by atoms with Crippen LogP contribution in [0.2, 0.25) is 0 Å². The summed E-state index contributed by atoms with van der Waals surface area (Å²) < 4.78 is 12.7. The Bertz CT molecular complexity index is 880. The first-order chi connectivity index (χ1) is 13.2. The minimum absolute atomic E-state index is 0.0406. The highest BCUT2D eigenvalue weighted by molar-refractivity contribution is 5.75. The van der Waals surface area contributed by atoms with Crippen LogP contribution in [0.5, 0.6) is 11.5 Å². The smallest absolute Gasteiger partial charge is 0.231 e. The molecule has 2 fully saturated rings. The van der Waals surface area contributed by atoms with Crippen LogP contribution >= 0.6 is 0 Å². The lowest BCUT2D eigenvalue weighted by Gasteiger charge is -2.26. The highest BCUT2D eigenvalue weighted by Crippen LogP contribution is 2.37. The third-order valence-electron chi connectivity index (χ3n) is 5.80. The molecule has 1 saturated carbocycles. The first kappa shape index (κ1) is 16.6. The number of likely N-dealkylation sites (tertiary alicyclic amines) is 1. The summed E-state index contributed by atoms with van der Waals surface area (Å²) >= 11 is 0. The predicted molar refractivity (Wildman–Crippen MR) is 96.8 cm³/mol. The minimum Gasteiger partial charge on any atom is -0.454 e. The van der Waals surface area contributed by atoms with Gasteiger partial charge in [-0.15, -0.1) is 0 Å². The molecule has 1 aliphatic carbocycles. The molecule has 0 spiro atoms. The largest absolute Gasteiger partial charge is 0.454 e. The van der Waals surface area contributed by atoms with E-state index in [1.165, 1.54) is 25.8 Å². The Morgan fingerprint density at radius 2 is 2.15 bits per heavy atom. The topological polar surface area (TPSA) is 95.5 Å². The Hall–Kier alpha value is -2.61. The fraction of sp³-hybridized carbons (Fsp3) is 0.526. The van der Waals surface area contributed by atoms with Crippen molar-refractivity contribution in [1.29, 1.82) is 0 Å². The summed E-state index contributed by atoms with van der Waals surface area (Å²) in [6.07, 6.45) is 4.84. The van der Waals surface area contributed by atoms with E-state index in [4.69, 9.17) is 15.2 Å². The van der Waals surface area contributed by atoms with Crippen LogP contribution in [0.3, 0.4) is 0 Å². The molecule has 142 valence electrons. The standard InChI is InChI=1S/C19H23N5O3/c20-17(25)9-18-21-19(5-6-23-10-12-1-2-13(23)7-12)24(22-18)14-3-4-15-16(8-14)27-11-26-15/h3-4,8,12-13H,1-2,5-7,9-11H2,(H2,20,25)/t12-,13+/m1/s1. The van der Waals surface area contributed by atoms with E-state index in [0.717, 1.165) is 42.2 Å². The number of benzene rings is 1. The number of nitrogens with two attached hydrogens (primary N) is 1. The van der Waals surface area contributed by atoms with Crippen LogP contribution < -0.4 is 15.2 Å². The summed E-state index contributed by atoms with van der Waals surface area (Å²) in [4.78, 5) is 18.5. The highest BCUT2D eigenvalue weighted by atomic mass is 16.7. The zero-order chi connectivity index (χ0) is 18.4. The number of ether oxygens (including phenoxy) is 2. The van der Waals surface area contributed by atoms with Crippen LogP contribution in [0, 0.1) is 5.92 Å². The second-order valence-electron chi connectivity index (χ2n) is 7.61. The number of carbonyl (C=O) groups is 1. The van der Waals surface area contributed by atoms with E-state index >= 15 is 0 Å². The number of amides is 1. The molecule has 2 bridgehead atoms. The van der Waals surface area contributed by atoms with Crippen molar-refractivity contribution >= 4 is 5.91 Å². The van der Waals surface area contributed by atoms with Gasteiger partial charge >= 0.3 is 0 Å². The molecule has 3 aliphatic rings. The molecule has 2 aliphatic heterocycles. The van der Waals surface area contributed by atoms with Crippen molar-refractivity contribution < 1.29 is 14.3 Å². The van der Waals surface area contributed by atoms with Crippen LogP contribution in [0.25, 0.3) is 5.69 Å². The predicted octanol–water partition coefficient (Wildman–Crippen LogP) is 1.05. The molecule has 2 N–H and O–H groups in total. The third kappa shape index (κ3) is 3.14. The van der Waals surface area contributed by atoms with Gasteiger partial charge in [-0.2, -0.15) is 5.10 Å². The number of aromatic nitrogens is 3. The van der Waals surface area contributed by atoms with Crippen molar-refractivity contribution in [2.75, 3.05) is 19.9 Å². The Balaban J connectivity index is 1.40. The van der Waals surface area contributed by atoms with Crippen molar-refractivity contribution in [2.24, 2.45) is 11.7 Å². The molecule has 1 aromatic heterocycles. The van der Waals surface area contributed by atoms with Crippen LogP contribution in [-0.2, 0) is 17.6 Å². The summed E-state index contributed by atoms with van der Waals surface area (Å²) in [5.74, 6) is 3.16. The first-order valence-electron chi connectivity index (χ1n) is 9.53. The maximum atomic E-state index is 11.3. The summed E-state index contributed by atoms with van der Waals surface area (Å²) in [7, 11) is 0. The van der Waals surface area contributed by atoms with Gasteiger partial charge in [0, 0.05) is 31.6 Å². The second-order valence-corrected chi connectivity index (χ2v) is 7.61. The Morgan fingerprint density at radius 1 is 1.26 bits per heavy atom. The molecule has 0 unspecified atom stereocenters. The number of primary amides is 1. The molecule has 5 rings (SSSR count). The number of hydrogen-bond acceptors (Lipinski definition) is 6. The van der Waals surface area contributed by atoms with Gasteiger partial charge in [0.2, 0.25) is 12.7 Å². The number of piperidine rings is 1. The average Bonchev–Trinajstić information content (AvgIpc) is 3.42. The minimum atomic E-state index is -0.429. The van der Waals surface area contributed by atoms with Crippen molar-refractivity contribution in [3.63, 3.8) is 0 Å². The van der Waals surface area contributed by atoms with Gasteiger partial charge in [-0.05, 0) is 37.3 Å². The van der Waals surface area contributed by atoms with Gasteiger partial charge in [-0.3, -0.25) is 9.69 Å². The molecule has 2 aromatic rings.